The summed E-state index contributed by atoms with van der Waals surface area (Å²) < 4.78 is 4.78. The third-order valence-corrected chi connectivity index (χ3v) is 11.5. The topological polar surface area (TPSA) is 42.8 Å². The molecule has 10 rings (SSSR count). The summed E-state index contributed by atoms with van der Waals surface area (Å²) in [6, 6.07) is 53.7. The molecule has 5 heteroatoms. The van der Waals surface area contributed by atoms with Crippen molar-refractivity contribution in [1.82, 2.24) is 15.0 Å². The zero-order valence-electron chi connectivity index (χ0n) is 25.1. The van der Waals surface area contributed by atoms with Gasteiger partial charge in [-0.3, -0.25) is 0 Å². The summed E-state index contributed by atoms with van der Waals surface area (Å²) >= 11 is 0.0765. The minimum absolute atomic E-state index is 0.0765. The van der Waals surface area contributed by atoms with Crippen LogP contribution in [0.3, 0.4) is 0 Å². The summed E-state index contributed by atoms with van der Waals surface area (Å²) in [7, 11) is 0. The van der Waals surface area contributed by atoms with Gasteiger partial charge in [-0.2, -0.15) is 0 Å². The van der Waals surface area contributed by atoms with Crippen LogP contribution in [-0.4, -0.2) is 29.5 Å². The first-order valence-corrected chi connectivity index (χ1v) is 17.4. The fourth-order valence-corrected chi connectivity index (χ4v) is 9.22. The summed E-state index contributed by atoms with van der Waals surface area (Å²) in [5.41, 5.74) is 6.29. The Bertz CT molecular complexity index is 2830. The number of nitrogens with zero attached hydrogens (tertiary/aromatic N) is 4. The molecule has 7 aromatic carbocycles. The van der Waals surface area contributed by atoms with Gasteiger partial charge in [0, 0.05) is 0 Å². The fourth-order valence-electron chi connectivity index (χ4n) is 6.92. The Morgan fingerprint density at radius 2 is 1.15 bits per heavy atom. The first-order chi connectivity index (χ1) is 23.3. The standard InChI is InChI=1S/C42H25N4Se/c1-4-13-27(14-5-1)39-44-40(28-15-6-2-7-16-28)46-36-25-33-30(21-23-35-38(33)47-42(43-35)29-17-8-3-9-18-29)24-34(36)37-31-19-11-10-12-26(31)20-22-32(37)41(46)45-39/h1-25H/q+1. The van der Waals surface area contributed by atoms with Crippen molar-refractivity contribution in [3.05, 3.63) is 152 Å². The SMILES string of the molecule is c1ccc(-c2nc(-c3ccccc3)[n+]3c4cc5c(ccc6nc(-c7ccccc7)[se]c65)cc4c4c5ccccc5ccc4c3n2)cc1. The number of aromatic nitrogens is 4. The van der Waals surface area contributed by atoms with Crippen molar-refractivity contribution in [2.45, 2.75) is 0 Å². The molecule has 3 aromatic heterocycles. The Kier molecular flexibility index (Phi) is 5.86. The molecule has 47 heavy (non-hydrogen) atoms. The first-order valence-electron chi connectivity index (χ1n) is 15.7. The van der Waals surface area contributed by atoms with Gasteiger partial charge >= 0.3 is 277 Å². The Labute approximate surface area is 276 Å². The number of pyridine rings is 1. The molecule has 218 valence electrons. The molecule has 0 radical (unpaired) electrons. The van der Waals surface area contributed by atoms with Crippen molar-refractivity contribution < 1.29 is 4.40 Å². The van der Waals surface area contributed by atoms with E-state index < -0.39 is 0 Å². The van der Waals surface area contributed by atoms with Gasteiger partial charge in [0.1, 0.15) is 0 Å². The summed E-state index contributed by atoms with van der Waals surface area (Å²) in [6.07, 6.45) is 0. The number of hydrogen-bond donors (Lipinski definition) is 0. The number of benzene rings is 7. The van der Waals surface area contributed by atoms with Gasteiger partial charge in [0.25, 0.3) is 0 Å². The third kappa shape index (κ3) is 4.14. The van der Waals surface area contributed by atoms with Crippen LogP contribution in [0.2, 0.25) is 0 Å². The van der Waals surface area contributed by atoms with Gasteiger partial charge in [0.15, 0.2) is 0 Å². The zero-order chi connectivity index (χ0) is 30.9. The van der Waals surface area contributed by atoms with Gasteiger partial charge < -0.3 is 0 Å². The van der Waals surface area contributed by atoms with E-state index in [0.29, 0.717) is 5.82 Å². The molecule has 10 aromatic rings. The van der Waals surface area contributed by atoms with Gasteiger partial charge in [-0.1, -0.05) is 0 Å². The molecule has 0 aliphatic rings. The molecular formula is C42H25N4Se+. The van der Waals surface area contributed by atoms with Crippen molar-refractivity contribution in [2.75, 3.05) is 0 Å². The van der Waals surface area contributed by atoms with Crippen molar-refractivity contribution in [2.24, 2.45) is 0 Å². The molecule has 0 amide bonds. The van der Waals surface area contributed by atoms with E-state index in [4.69, 9.17) is 15.0 Å². The van der Waals surface area contributed by atoms with E-state index in [0.717, 1.165) is 39.0 Å². The van der Waals surface area contributed by atoms with Crippen LogP contribution in [0.15, 0.2) is 152 Å². The van der Waals surface area contributed by atoms with Crippen molar-refractivity contribution in [1.29, 1.82) is 0 Å². The van der Waals surface area contributed by atoms with Gasteiger partial charge in [-0.05, 0) is 0 Å². The third-order valence-electron chi connectivity index (χ3n) is 9.10. The van der Waals surface area contributed by atoms with Crippen LogP contribution in [0, 0.1) is 0 Å². The first kappa shape index (κ1) is 26.5. The van der Waals surface area contributed by atoms with E-state index in [9.17, 15) is 0 Å². The molecule has 4 nitrogen and oxygen atoms in total. The van der Waals surface area contributed by atoms with Gasteiger partial charge in [0.2, 0.25) is 0 Å². The monoisotopic (exact) mass is 665 g/mol. The summed E-state index contributed by atoms with van der Waals surface area (Å²) in [6.45, 7) is 0. The van der Waals surface area contributed by atoms with Crippen LogP contribution in [-0.2, 0) is 0 Å². The molecule has 0 N–H and O–H groups in total. The second kappa shape index (κ2) is 10.4. The molecule has 0 saturated heterocycles. The van der Waals surface area contributed by atoms with E-state index in [1.54, 1.807) is 0 Å². The van der Waals surface area contributed by atoms with Crippen LogP contribution < -0.4 is 4.40 Å². The van der Waals surface area contributed by atoms with Gasteiger partial charge in [-0.25, -0.2) is 0 Å². The second-order valence-electron chi connectivity index (χ2n) is 11.9. The van der Waals surface area contributed by atoms with Gasteiger partial charge in [0.05, 0.1) is 0 Å². The van der Waals surface area contributed by atoms with E-state index in [2.05, 4.69) is 138 Å². The Morgan fingerprint density at radius 3 is 1.94 bits per heavy atom. The summed E-state index contributed by atoms with van der Waals surface area (Å²) in [5, 5.41) is 8.40. The van der Waals surface area contributed by atoms with Gasteiger partial charge in [-0.15, -0.1) is 0 Å². The molecule has 0 saturated carbocycles. The van der Waals surface area contributed by atoms with E-state index in [-0.39, 0.29) is 14.5 Å². The van der Waals surface area contributed by atoms with Crippen LogP contribution in [0.4, 0.5) is 0 Å². The molecule has 0 spiro atoms. The molecule has 0 unspecified atom stereocenters. The molecule has 0 atom stereocenters. The molecule has 0 bridgehead atoms. The molecular weight excluding hydrogens is 639 g/mol. The summed E-state index contributed by atoms with van der Waals surface area (Å²) in [5.74, 6) is 1.58. The van der Waals surface area contributed by atoms with Crippen LogP contribution in [0.25, 0.3) is 91.6 Å². The van der Waals surface area contributed by atoms with Crippen molar-refractivity contribution >= 4 is 73.1 Å². The molecule has 0 fully saturated rings. The Morgan fingerprint density at radius 1 is 0.468 bits per heavy atom. The van der Waals surface area contributed by atoms with Crippen LogP contribution in [0.5, 0.6) is 0 Å². The molecule has 3 heterocycles. The fraction of sp³-hybridized carbons (Fsp3) is 0. The zero-order valence-corrected chi connectivity index (χ0v) is 26.8. The number of hydrogen-bond acceptors (Lipinski definition) is 3. The number of rotatable bonds is 3. The van der Waals surface area contributed by atoms with Crippen molar-refractivity contribution in [3.63, 3.8) is 0 Å². The quantitative estimate of drug-likeness (QED) is 0.0818. The number of fused-ring (bicyclic) bond motifs is 11. The van der Waals surface area contributed by atoms with E-state index in [1.165, 1.54) is 46.7 Å². The Hall–Kier alpha value is -5.74. The minimum atomic E-state index is 0.0765. The van der Waals surface area contributed by atoms with E-state index in [1.807, 2.05) is 18.2 Å². The second-order valence-corrected chi connectivity index (χ2v) is 14.0. The predicted molar refractivity (Wildman–Crippen MR) is 194 cm³/mol. The molecule has 0 aliphatic carbocycles. The average molecular weight is 665 g/mol. The molecule has 0 aliphatic heterocycles. The average Bonchev–Trinajstić information content (AvgIpc) is 3.60. The van der Waals surface area contributed by atoms with Crippen LogP contribution in [0.1, 0.15) is 0 Å². The summed E-state index contributed by atoms with van der Waals surface area (Å²) in [4.78, 5) is 15.8. The van der Waals surface area contributed by atoms with Crippen LogP contribution >= 0.6 is 0 Å². The maximum atomic E-state index is 5.35. The normalized spacial score (nSPS) is 11.8. The predicted octanol–water partition coefficient (Wildman–Crippen LogP) is 9.43. The maximum absolute atomic E-state index is 5.35. The van der Waals surface area contributed by atoms with E-state index >= 15 is 0 Å². The Balaban J connectivity index is 1.42. The van der Waals surface area contributed by atoms with Crippen molar-refractivity contribution in [3.8, 4) is 32.9 Å².